The van der Waals surface area contributed by atoms with Crippen LogP contribution in [0.25, 0.3) is 0 Å². The van der Waals surface area contributed by atoms with Crippen molar-refractivity contribution in [1.29, 1.82) is 0 Å². The highest BCUT2D eigenvalue weighted by Crippen LogP contribution is 2.36. The number of carboxylic acids is 1. The van der Waals surface area contributed by atoms with Crippen LogP contribution in [0.15, 0.2) is 24.3 Å². The Labute approximate surface area is 160 Å². The summed E-state index contributed by atoms with van der Waals surface area (Å²) in [6, 6.07) is 6.95. The summed E-state index contributed by atoms with van der Waals surface area (Å²) < 4.78 is 16.7. The first-order valence-corrected chi connectivity index (χ1v) is 9.09. The molecule has 1 aromatic rings. The van der Waals surface area contributed by atoms with Gasteiger partial charge in [-0.05, 0) is 46.6 Å². The largest absolute Gasteiger partial charge is 0.496 e. The van der Waals surface area contributed by atoms with Crippen LogP contribution < -0.4 is 4.74 Å². The van der Waals surface area contributed by atoms with Crippen LogP contribution in [0, 0.1) is 0 Å². The molecule has 7 nitrogen and oxygen atoms in total. The standard InChI is InChI=1S/C20H29NO6/c1-19(2,3)27-18(24)21-12-10-14(11-13-21)26-20(4,17(22)23)15-8-6-7-9-16(15)25-5/h6-9,14H,10-13H2,1-5H3,(H,22,23). The molecule has 27 heavy (non-hydrogen) atoms. The molecule has 0 saturated carbocycles. The summed E-state index contributed by atoms with van der Waals surface area (Å²) in [7, 11) is 1.50. The van der Waals surface area contributed by atoms with Crippen LogP contribution in [0.2, 0.25) is 0 Å². The van der Waals surface area contributed by atoms with Crippen molar-refractivity contribution in [3.05, 3.63) is 29.8 Å². The molecular weight excluding hydrogens is 350 g/mol. The molecule has 2 rings (SSSR count). The molecule has 1 aromatic carbocycles. The zero-order valence-corrected chi connectivity index (χ0v) is 16.7. The number of carbonyl (C=O) groups excluding carboxylic acids is 1. The Balaban J connectivity index is 2.07. The van der Waals surface area contributed by atoms with Crippen molar-refractivity contribution in [2.75, 3.05) is 20.2 Å². The monoisotopic (exact) mass is 379 g/mol. The molecule has 1 atom stereocenters. The number of rotatable bonds is 5. The predicted molar refractivity (Wildman–Crippen MR) is 99.9 cm³/mol. The Hall–Kier alpha value is -2.28. The Morgan fingerprint density at radius 3 is 2.22 bits per heavy atom. The number of amides is 1. The molecule has 1 N–H and O–H groups in total. The zero-order chi connectivity index (χ0) is 20.2. The van der Waals surface area contributed by atoms with Gasteiger partial charge in [-0.2, -0.15) is 0 Å². The first-order chi connectivity index (χ1) is 12.6. The Morgan fingerprint density at radius 1 is 1.11 bits per heavy atom. The Kier molecular flexibility index (Phi) is 6.36. The van der Waals surface area contributed by atoms with Crippen LogP contribution >= 0.6 is 0 Å². The Bertz CT molecular complexity index is 675. The van der Waals surface area contributed by atoms with Crippen LogP contribution in [0.4, 0.5) is 4.79 Å². The van der Waals surface area contributed by atoms with Gasteiger partial charge in [-0.25, -0.2) is 9.59 Å². The molecule has 1 saturated heterocycles. The fourth-order valence-electron chi connectivity index (χ4n) is 3.08. The van der Waals surface area contributed by atoms with Crippen molar-refractivity contribution in [2.45, 2.75) is 57.8 Å². The van der Waals surface area contributed by atoms with E-state index in [1.807, 2.05) is 20.8 Å². The molecule has 0 spiro atoms. The van der Waals surface area contributed by atoms with Gasteiger partial charge in [-0.1, -0.05) is 18.2 Å². The molecule has 1 amide bonds. The number of carbonyl (C=O) groups is 2. The smallest absolute Gasteiger partial charge is 0.410 e. The van der Waals surface area contributed by atoms with Gasteiger partial charge >= 0.3 is 12.1 Å². The lowest BCUT2D eigenvalue weighted by molar-refractivity contribution is -0.176. The van der Waals surface area contributed by atoms with Crippen LogP contribution in [-0.4, -0.2) is 54.0 Å². The third-order valence-corrected chi connectivity index (χ3v) is 4.53. The summed E-state index contributed by atoms with van der Waals surface area (Å²) in [5.74, 6) is -0.616. The summed E-state index contributed by atoms with van der Waals surface area (Å²) in [6.07, 6.45) is 0.440. The summed E-state index contributed by atoms with van der Waals surface area (Å²) in [4.78, 5) is 25.8. The molecule has 0 aromatic heterocycles. The number of piperidine rings is 1. The number of methoxy groups -OCH3 is 1. The summed E-state index contributed by atoms with van der Waals surface area (Å²) in [6.45, 7) is 7.93. The lowest BCUT2D eigenvalue weighted by Crippen LogP contribution is -2.46. The fraction of sp³-hybridized carbons (Fsp3) is 0.600. The van der Waals surface area contributed by atoms with Crippen molar-refractivity contribution in [3.8, 4) is 5.75 Å². The van der Waals surface area contributed by atoms with Crippen LogP contribution in [-0.2, 0) is 19.9 Å². The van der Waals surface area contributed by atoms with Gasteiger partial charge in [0.05, 0.1) is 13.2 Å². The van der Waals surface area contributed by atoms with Gasteiger partial charge in [0.2, 0.25) is 0 Å². The maximum absolute atomic E-state index is 12.2. The fourth-order valence-corrected chi connectivity index (χ4v) is 3.08. The third kappa shape index (κ3) is 5.13. The summed E-state index contributed by atoms with van der Waals surface area (Å²) in [5.41, 5.74) is -1.61. The minimum atomic E-state index is -1.54. The van der Waals surface area contributed by atoms with E-state index in [1.165, 1.54) is 14.0 Å². The topological polar surface area (TPSA) is 85.3 Å². The molecule has 1 aliphatic rings. The maximum Gasteiger partial charge on any atom is 0.410 e. The quantitative estimate of drug-likeness (QED) is 0.844. The molecule has 7 heteroatoms. The minimum Gasteiger partial charge on any atom is -0.496 e. The first kappa shape index (κ1) is 21.0. The lowest BCUT2D eigenvalue weighted by Gasteiger charge is -2.37. The van der Waals surface area contributed by atoms with E-state index in [2.05, 4.69) is 0 Å². The van der Waals surface area contributed by atoms with Gasteiger partial charge in [0.15, 0.2) is 5.60 Å². The zero-order valence-electron chi connectivity index (χ0n) is 16.7. The van der Waals surface area contributed by atoms with Crippen molar-refractivity contribution in [3.63, 3.8) is 0 Å². The number of aliphatic carboxylic acids is 1. The van der Waals surface area contributed by atoms with Crippen molar-refractivity contribution in [1.82, 2.24) is 4.90 Å². The second kappa shape index (κ2) is 8.17. The van der Waals surface area contributed by atoms with Gasteiger partial charge < -0.3 is 24.2 Å². The molecule has 0 bridgehead atoms. The molecule has 1 fully saturated rings. The van der Waals surface area contributed by atoms with E-state index in [-0.39, 0.29) is 12.2 Å². The molecule has 0 radical (unpaired) electrons. The lowest BCUT2D eigenvalue weighted by atomic mass is 9.93. The number of likely N-dealkylation sites (tertiary alicyclic amines) is 1. The molecule has 1 aliphatic heterocycles. The van der Waals surface area contributed by atoms with E-state index in [0.29, 0.717) is 37.2 Å². The van der Waals surface area contributed by atoms with Crippen molar-refractivity contribution < 1.29 is 28.9 Å². The highest BCUT2D eigenvalue weighted by molar-refractivity contribution is 5.80. The van der Waals surface area contributed by atoms with Crippen LogP contribution in [0.3, 0.4) is 0 Å². The molecule has 1 heterocycles. The minimum absolute atomic E-state index is 0.283. The van der Waals surface area contributed by atoms with Gasteiger partial charge in [-0.15, -0.1) is 0 Å². The van der Waals surface area contributed by atoms with E-state index in [4.69, 9.17) is 14.2 Å². The number of carboxylic acid groups (broad SMARTS) is 1. The molecule has 1 unspecified atom stereocenters. The van der Waals surface area contributed by atoms with Gasteiger partial charge in [0.1, 0.15) is 11.4 Å². The van der Waals surface area contributed by atoms with Crippen molar-refractivity contribution >= 4 is 12.1 Å². The maximum atomic E-state index is 12.2. The van der Waals surface area contributed by atoms with Gasteiger partial charge in [-0.3, -0.25) is 0 Å². The van der Waals surface area contributed by atoms with Crippen molar-refractivity contribution in [2.24, 2.45) is 0 Å². The molecular formula is C20H29NO6. The van der Waals surface area contributed by atoms with E-state index in [9.17, 15) is 14.7 Å². The average Bonchev–Trinajstić information content (AvgIpc) is 2.60. The van der Waals surface area contributed by atoms with E-state index in [1.54, 1.807) is 29.2 Å². The number of hydrogen-bond donors (Lipinski definition) is 1. The average molecular weight is 379 g/mol. The number of benzene rings is 1. The number of hydrogen-bond acceptors (Lipinski definition) is 5. The Morgan fingerprint density at radius 2 is 1.70 bits per heavy atom. The van der Waals surface area contributed by atoms with Crippen LogP contribution in [0.5, 0.6) is 5.75 Å². The normalized spacial score (nSPS) is 17.9. The van der Waals surface area contributed by atoms with Gasteiger partial charge in [0.25, 0.3) is 0 Å². The van der Waals surface area contributed by atoms with Gasteiger partial charge in [0, 0.05) is 18.7 Å². The highest BCUT2D eigenvalue weighted by Gasteiger charge is 2.42. The van der Waals surface area contributed by atoms with E-state index >= 15 is 0 Å². The predicted octanol–water partition coefficient (Wildman–Crippen LogP) is 3.41. The summed E-state index contributed by atoms with van der Waals surface area (Å²) in [5, 5.41) is 9.84. The number of ether oxygens (including phenoxy) is 3. The van der Waals surface area contributed by atoms with Crippen LogP contribution in [0.1, 0.15) is 46.1 Å². The van der Waals surface area contributed by atoms with E-state index in [0.717, 1.165) is 0 Å². The third-order valence-electron chi connectivity index (χ3n) is 4.53. The van der Waals surface area contributed by atoms with E-state index < -0.39 is 17.2 Å². The molecule has 150 valence electrons. The summed E-state index contributed by atoms with van der Waals surface area (Å²) >= 11 is 0. The SMILES string of the molecule is COc1ccccc1C(C)(OC1CCN(C(=O)OC(C)(C)C)CC1)C(=O)O. The second-order valence-corrected chi connectivity index (χ2v) is 7.82. The number of nitrogens with zero attached hydrogens (tertiary/aromatic N) is 1. The highest BCUT2D eigenvalue weighted by atomic mass is 16.6. The first-order valence-electron chi connectivity index (χ1n) is 9.09. The number of para-hydroxylation sites is 1. The molecule has 0 aliphatic carbocycles. The second-order valence-electron chi connectivity index (χ2n) is 7.82.